The average Bonchev–Trinajstić information content (AvgIpc) is 0.790. The van der Waals surface area contributed by atoms with Crippen LogP contribution >= 0.6 is 69.6 Å². The Balaban J connectivity index is 0.000000169. The molecule has 22 heteroatoms. The van der Waals surface area contributed by atoms with E-state index in [1.807, 2.05) is 122 Å². The predicted octanol–water partition coefficient (Wildman–Crippen LogP) is 15.3. The summed E-state index contributed by atoms with van der Waals surface area (Å²) >= 11 is 35.9. The van der Waals surface area contributed by atoms with E-state index in [1.165, 1.54) is 19.8 Å². The van der Waals surface area contributed by atoms with Crippen LogP contribution in [0.1, 0.15) is 72.6 Å². The van der Waals surface area contributed by atoms with Crippen molar-refractivity contribution in [2.45, 2.75) is 45.4 Å². The summed E-state index contributed by atoms with van der Waals surface area (Å²) in [5.41, 5.74) is 6.57. The predicted molar refractivity (Wildman–Crippen MR) is 385 cm³/mol. The zero-order chi connectivity index (χ0) is 68.9. The van der Waals surface area contributed by atoms with E-state index in [-0.39, 0.29) is 16.7 Å². The number of pyridine rings is 4. The number of rotatable bonds is 18. The molecule has 11 aromatic rings. The van der Waals surface area contributed by atoms with E-state index < -0.39 is 51.6 Å². The van der Waals surface area contributed by atoms with Gasteiger partial charge in [0, 0.05) is 57.9 Å². The first-order valence-electron chi connectivity index (χ1n) is 30.3. The molecule has 7 aromatic carbocycles. The second-order valence-corrected chi connectivity index (χ2v) is 25.0. The highest BCUT2D eigenvalue weighted by atomic mass is 35.5. The van der Waals surface area contributed by atoms with Gasteiger partial charge in [-0.3, -0.25) is 33.8 Å². The van der Waals surface area contributed by atoms with Crippen LogP contribution in [0.4, 0.5) is 0 Å². The van der Waals surface area contributed by atoms with Gasteiger partial charge in [0.15, 0.2) is 17.2 Å². The first kappa shape index (κ1) is 70.9. The minimum Gasteiger partial charge on any atom is -0.502 e. The van der Waals surface area contributed by atoms with Crippen LogP contribution in [0.25, 0.3) is 55.4 Å². The molecule has 16 nitrogen and oxygen atoms in total. The fraction of sp³-hybridized carbons (Fsp3) is 0.176. The van der Waals surface area contributed by atoms with Gasteiger partial charge in [-0.15, -0.1) is 0 Å². The molecule has 96 heavy (non-hydrogen) atoms. The van der Waals surface area contributed by atoms with Crippen LogP contribution in [0.3, 0.4) is 0 Å². The number of para-hydroxylation sites is 1. The molecule has 0 atom stereocenters. The molecule has 0 bridgehead atoms. The maximum Gasteiger partial charge on any atom is 0.293 e. The summed E-state index contributed by atoms with van der Waals surface area (Å²) in [6, 6.07) is 51.6. The molecule has 4 aromatic heterocycles. The standard InChI is InChI=1S/C26H22Cl2N2O3.C25H21Cl2N3O3.C23H22Cl2N2O3/c1-30-23(19-10-9-17-6-2-3-7-18(17)14-19)15-20(24(31)26(30)33)25(32)29-12-4-5-16-8-11-21(27)22(28)13-16;1-30-21(17-8-2-6-16-7-4-11-28-22(16)17)14-18(23(31)25(30)33)24(32)29-12-3-5-15-9-10-19(26)20(27)13-15;1-14-5-3-7-16(11-14)20-13-17(21(28)23(30)27(20)2)22(29)26-10-4-6-15-8-9-18(24)19(25)12-15/h2-3,6-11,13-15,31H,4-5,12H2,1H3,(H,29,32);2,4,6-11,13-14,31H,3,5,12H2,1H3,(H,29,32);3,5,7-9,11-13,28H,4,6,10H2,1-2H3,(H,26,29). The molecule has 4 heterocycles. The number of carbonyl (C=O) groups excluding carboxylic acids is 3. The Morgan fingerprint density at radius 1 is 0.406 bits per heavy atom. The molecule has 0 saturated carbocycles. The third-order valence-corrected chi connectivity index (χ3v) is 18.2. The molecule has 3 amide bonds. The molecule has 0 aliphatic carbocycles. The van der Waals surface area contributed by atoms with Gasteiger partial charge in [0.25, 0.3) is 34.4 Å². The van der Waals surface area contributed by atoms with Crippen molar-refractivity contribution < 1.29 is 29.7 Å². The Morgan fingerprint density at radius 3 is 1.25 bits per heavy atom. The normalized spacial score (nSPS) is 10.9. The number of hydrogen-bond acceptors (Lipinski definition) is 10. The van der Waals surface area contributed by atoms with Gasteiger partial charge in [-0.2, -0.15) is 0 Å². The Labute approximate surface area is 582 Å². The summed E-state index contributed by atoms with van der Waals surface area (Å²) in [5, 5.41) is 45.3. The van der Waals surface area contributed by atoms with Gasteiger partial charge in [0.1, 0.15) is 0 Å². The molecular formula is C74H65Cl6N7O9. The Bertz CT molecular complexity index is 4950. The van der Waals surface area contributed by atoms with Crippen LogP contribution in [0.5, 0.6) is 17.2 Å². The fourth-order valence-corrected chi connectivity index (χ4v) is 11.7. The Kier molecular flexibility index (Phi) is 23.9. The molecular weight excluding hydrogens is 1340 g/mol. The van der Waals surface area contributed by atoms with E-state index in [4.69, 9.17) is 69.6 Å². The van der Waals surface area contributed by atoms with E-state index in [2.05, 4.69) is 20.9 Å². The number of aryl methyl sites for hydroxylation is 4. The molecule has 0 aliphatic rings. The lowest BCUT2D eigenvalue weighted by atomic mass is 10.0. The summed E-state index contributed by atoms with van der Waals surface area (Å²) in [6.07, 6.45) is 5.73. The summed E-state index contributed by atoms with van der Waals surface area (Å²) in [5.74, 6) is -3.22. The van der Waals surface area contributed by atoms with Crippen molar-refractivity contribution in [1.29, 1.82) is 0 Å². The van der Waals surface area contributed by atoms with E-state index in [1.54, 1.807) is 75.9 Å². The van der Waals surface area contributed by atoms with Crippen molar-refractivity contribution in [3.8, 4) is 51.0 Å². The Hall–Kier alpha value is -9.39. The van der Waals surface area contributed by atoms with Crippen LogP contribution < -0.4 is 32.6 Å². The first-order valence-corrected chi connectivity index (χ1v) is 32.6. The first-order chi connectivity index (χ1) is 46.0. The molecule has 6 N–H and O–H groups in total. The van der Waals surface area contributed by atoms with Crippen molar-refractivity contribution in [3.05, 3.63) is 276 Å². The van der Waals surface area contributed by atoms with Gasteiger partial charge < -0.3 is 45.0 Å². The number of nitrogens with zero attached hydrogens (tertiary/aromatic N) is 4. The topological polar surface area (TPSA) is 227 Å². The van der Waals surface area contributed by atoms with Crippen molar-refractivity contribution >= 4 is 109 Å². The van der Waals surface area contributed by atoms with Gasteiger partial charge in [-0.1, -0.05) is 172 Å². The van der Waals surface area contributed by atoms with Gasteiger partial charge in [0.05, 0.1) is 69.4 Å². The molecule has 492 valence electrons. The number of hydrogen-bond donors (Lipinski definition) is 6. The van der Waals surface area contributed by atoms with E-state index in [0.717, 1.165) is 49.5 Å². The highest BCUT2D eigenvalue weighted by Crippen LogP contribution is 2.32. The highest BCUT2D eigenvalue weighted by Gasteiger charge is 2.23. The van der Waals surface area contributed by atoms with Crippen molar-refractivity contribution in [1.82, 2.24) is 34.6 Å². The van der Waals surface area contributed by atoms with Gasteiger partial charge in [0.2, 0.25) is 0 Å². The quantitative estimate of drug-likeness (QED) is 0.0445. The van der Waals surface area contributed by atoms with E-state index >= 15 is 0 Å². The number of nitrogens with one attached hydrogen (secondary N) is 3. The number of amides is 3. The SMILES string of the molecule is Cc1cccc(-c2cc(C(=O)NCCCc3ccc(Cl)c(Cl)c3)c(O)c(=O)n2C)c1.Cn1c(-c2ccc3ccccc3c2)cc(C(=O)NCCCc2ccc(Cl)c(Cl)c2)c(O)c1=O.Cn1c(-c2cccc3cccnc23)cc(C(=O)NCCCc2ccc(Cl)c(Cl)c2)c(O)c1=O. The number of carbonyl (C=O) groups is 3. The second kappa shape index (κ2) is 32.4. The third kappa shape index (κ3) is 17.2. The zero-order valence-corrected chi connectivity index (χ0v) is 57.0. The summed E-state index contributed by atoms with van der Waals surface area (Å²) in [7, 11) is 4.70. The van der Waals surface area contributed by atoms with Crippen LogP contribution in [0, 0.1) is 6.92 Å². The average molecular weight is 1410 g/mol. The number of aromatic hydroxyl groups is 3. The molecule has 11 rings (SSSR count). The molecule has 0 radical (unpaired) electrons. The zero-order valence-electron chi connectivity index (χ0n) is 52.5. The van der Waals surface area contributed by atoms with Crippen LogP contribution in [0.2, 0.25) is 30.1 Å². The molecule has 0 unspecified atom stereocenters. The molecule has 0 saturated heterocycles. The monoisotopic (exact) mass is 1410 g/mol. The smallest absolute Gasteiger partial charge is 0.293 e. The number of fused-ring (bicyclic) bond motifs is 2. The number of aromatic nitrogens is 4. The lowest BCUT2D eigenvalue weighted by Gasteiger charge is -2.14. The molecule has 0 spiro atoms. The van der Waals surface area contributed by atoms with Crippen LogP contribution in [-0.4, -0.2) is 71.4 Å². The van der Waals surface area contributed by atoms with Crippen LogP contribution in [-0.2, 0) is 40.4 Å². The molecule has 0 fully saturated rings. The van der Waals surface area contributed by atoms with Crippen molar-refractivity contribution in [2.24, 2.45) is 21.1 Å². The second-order valence-electron chi connectivity index (χ2n) is 22.6. The lowest BCUT2D eigenvalue weighted by molar-refractivity contribution is 0.0941. The minimum atomic E-state index is -0.651. The largest absolute Gasteiger partial charge is 0.502 e. The summed E-state index contributed by atoms with van der Waals surface area (Å²) in [4.78, 5) is 80.4. The van der Waals surface area contributed by atoms with Gasteiger partial charge in [-0.25, -0.2) is 0 Å². The van der Waals surface area contributed by atoms with Crippen molar-refractivity contribution in [3.63, 3.8) is 0 Å². The lowest BCUT2D eigenvalue weighted by Crippen LogP contribution is -2.28. The van der Waals surface area contributed by atoms with Gasteiger partial charge in [-0.05, 0) is 157 Å². The molecule has 0 aliphatic heterocycles. The van der Waals surface area contributed by atoms with Crippen LogP contribution in [0.15, 0.2) is 190 Å². The van der Waals surface area contributed by atoms with Crippen molar-refractivity contribution in [2.75, 3.05) is 19.6 Å². The summed E-state index contributed by atoms with van der Waals surface area (Å²) < 4.78 is 4.01. The maximum absolute atomic E-state index is 12.8. The minimum absolute atomic E-state index is 0.0378. The third-order valence-electron chi connectivity index (χ3n) is 16.0. The number of benzene rings is 7. The van der Waals surface area contributed by atoms with Gasteiger partial charge >= 0.3 is 0 Å². The van der Waals surface area contributed by atoms with E-state index in [9.17, 15) is 44.1 Å². The highest BCUT2D eigenvalue weighted by molar-refractivity contribution is 6.43. The fourth-order valence-electron chi connectivity index (χ4n) is 10.7. The maximum atomic E-state index is 12.8. The number of halogens is 6. The Morgan fingerprint density at radius 2 is 0.802 bits per heavy atom. The van der Waals surface area contributed by atoms with E-state index in [0.29, 0.717) is 116 Å². The summed E-state index contributed by atoms with van der Waals surface area (Å²) in [6.45, 7) is 3.06.